The van der Waals surface area contributed by atoms with Crippen LogP contribution in [0.4, 0.5) is 0 Å². The summed E-state index contributed by atoms with van der Waals surface area (Å²) in [5.41, 5.74) is 2.41. The molecule has 0 saturated heterocycles. The van der Waals surface area contributed by atoms with Crippen LogP contribution in [0, 0.1) is 0 Å². The molecular weight excluding hydrogens is 238 g/mol. The monoisotopic (exact) mass is 259 g/mol. The van der Waals surface area contributed by atoms with Crippen LogP contribution >= 0.6 is 0 Å². The molecule has 1 aromatic carbocycles. The highest BCUT2D eigenvalue weighted by atomic mass is 16.4. The van der Waals surface area contributed by atoms with E-state index in [0.29, 0.717) is 18.3 Å². The molecule has 0 aliphatic rings. The van der Waals surface area contributed by atoms with E-state index in [9.17, 15) is 0 Å². The Hall–Kier alpha value is -1.68. The number of nitrogens with zero attached hydrogens (tertiary/aromatic N) is 2. The molecule has 19 heavy (non-hydrogen) atoms. The summed E-state index contributed by atoms with van der Waals surface area (Å²) in [5, 5.41) is 11.3. The van der Waals surface area contributed by atoms with Crippen molar-refractivity contribution >= 4 is 0 Å². The van der Waals surface area contributed by atoms with Crippen LogP contribution in [-0.4, -0.2) is 16.7 Å². The van der Waals surface area contributed by atoms with Crippen LogP contribution in [0.5, 0.6) is 0 Å². The van der Waals surface area contributed by atoms with E-state index in [1.807, 2.05) is 19.1 Å². The van der Waals surface area contributed by atoms with Crippen LogP contribution in [-0.2, 0) is 12.0 Å². The van der Waals surface area contributed by atoms with E-state index in [2.05, 4.69) is 48.4 Å². The molecule has 2 rings (SSSR count). The number of hydrogen-bond acceptors (Lipinski definition) is 4. The maximum atomic E-state index is 5.61. The fourth-order valence-corrected chi connectivity index (χ4v) is 1.79. The summed E-state index contributed by atoms with van der Waals surface area (Å²) >= 11 is 0. The Morgan fingerprint density at radius 2 is 1.79 bits per heavy atom. The van der Waals surface area contributed by atoms with E-state index in [1.165, 1.54) is 5.56 Å². The summed E-state index contributed by atoms with van der Waals surface area (Å²) in [7, 11) is 0. The van der Waals surface area contributed by atoms with E-state index in [0.717, 1.165) is 12.1 Å². The minimum Gasteiger partial charge on any atom is -0.419 e. The molecule has 102 valence electrons. The van der Waals surface area contributed by atoms with Gasteiger partial charge in [-0.25, -0.2) is 0 Å². The number of hydrogen-bond donors (Lipinski definition) is 1. The summed E-state index contributed by atoms with van der Waals surface area (Å²) in [6, 6.07) is 8.29. The van der Waals surface area contributed by atoms with E-state index in [4.69, 9.17) is 4.42 Å². The van der Waals surface area contributed by atoms with E-state index >= 15 is 0 Å². The predicted molar refractivity (Wildman–Crippen MR) is 75.8 cm³/mol. The van der Waals surface area contributed by atoms with Crippen LogP contribution < -0.4 is 5.32 Å². The second-order valence-electron chi connectivity index (χ2n) is 5.61. The molecule has 0 saturated carbocycles. The van der Waals surface area contributed by atoms with Crippen molar-refractivity contribution in [3.05, 3.63) is 35.7 Å². The molecule has 4 nitrogen and oxygen atoms in total. The Morgan fingerprint density at radius 1 is 1.11 bits per heavy atom. The van der Waals surface area contributed by atoms with Crippen molar-refractivity contribution in [2.45, 2.75) is 39.7 Å². The molecule has 2 aromatic rings. The summed E-state index contributed by atoms with van der Waals surface area (Å²) in [6.45, 7) is 10.1. The van der Waals surface area contributed by atoms with E-state index < -0.39 is 0 Å². The Labute approximate surface area is 114 Å². The topological polar surface area (TPSA) is 51.0 Å². The van der Waals surface area contributed by atoms with Gasteiger partial charge in [0.1, 0.15) is 0 Å². The highest BCUT2D eigenvalue weighted by molar-refractivity contribution is 5.53. The van der Waals surface area contributed by atoms with Crippen molar-refractivity contribution in [1.82, 2.24) is 15.5 Å². The average Bonchev–Trinajstić information content (AvgIpc) is 2.84. The zero-order valence-electron chi connectivity index (χ0n) is 12.0. The number of benzene rings is 1. The second-order valence-corrected chi connectivity index (χ2v) is 5.61. The lowest BCUT2D eigenvalue weighted by Gasteiger charge is -2.18. The normalized spacial score (nSPS) is 11.8. The van der Waals surface area contributed by atoms with Crippen LogP contribution in [0.2, 0.25) is 0 Å². The molecule has 0 spiro atoms. The molecule has 0 atom stereocenters. The van der Waals surface area contributed by atoms with E-state index in [1.54, 1.807) is 0 Å². The van der Waals surface area contributed by atoms with Crippen molar-refractivity contribution in [2.24, 2.45) is 0 Å². The summed E-state index contributed by atoms with van der Waals surface area (Å²) in [6.07, 6.45) is 0. The molecule has 0 aliphatic carbocycles. The lowest BCUT2D eigenvalue weighted by atomic mass is 9.87. The third-order valence-electron chi connectivity index (χ3n) is 2.99. The zero-order valence-corrected chi connectivity index (χ0v) is 12.0. The molecule has 1 aromatic heterocycles. The first-order valence-electron chi connectivity index (χ1n) is 6.64. The van der Waals surface area contributed by atoms with Gasteiger partial charge in [0.15, 0.2) is 0 Å². The minimum atomic E-state index is 0.156. The van der Waals surface area contributed by atoms with Gasteiger partial charge in [-0.05, 0) is 29.7 Å². The van der Waals surface area contributed by atoms with Gasteiger partial charge in [0.25, 0.3) is 0 Å². The van der Waals surface area contributed by atoms with Gasteiger partial charge in [-0.3, -0.25) is 0 Å². The second kappa shape index (κ2) is 5.53. The van der Waals surface area contributed by atoms with Crippen LogP contribution in [0.15, 0.2) is 28.7 Å². The lowest BCUT2D eigenvalue weighted by molar-refractivity contribution is 0.482. The van der Waals surface area contributed by atoms with Crippen molar-refractivity contribution < 1.29 is 4.42 Å². The number of rotatable bonds is 4. The molecule has 0 unspecified atom stereocenters. The van der Waals surface area contributed by atoms with Crippen molar-refractivity contribution in [1.29, 1.82) is 0 Å². The van der Waals surface area contributed by atoms with Gasteiger partial charge in [0.05, 0.1) is 6.54 Å². The Kier molecular flexibility index (Phi) is 4.00. The Bertz CT molecular complexity index is 523. The van der Waals surface area contributed by atoms with Gasteiger partial charge >= 0.3 is 0 Å². The standard InChI is InChI=1S/C15H21N3O/c1-5-16-10-13-17-18-14(19-13)11-6-8-12(9-7-11)15(2,3)4/h6-9,16H,5,10H2,1-4H3. The maximum Gasteiger partial charge on any atom is 0.247 e. The van der Waals surface area contributed by atoms with Crippen LogP contribution in [0.25, 0.3) is 11.5 Å². The van der Waals surface area contributed by atoms with Gasteiger partial charge in [-0.2, -0.15) is 0 Å². The molecule has 1 heterocycles. The quantitative estimate of drug-likeness (QED) is 0.916. The highest BCUT2D eigenvalue weighted by Gasteiger charge is 2.14. The highest BCUT2D eigenvalue weighted by Crippen LogP contribution is 2.25. The SMILES string of the molecule is CCNCc1nnc(-c2ccc(C(C)(C)C)cc2)o1. The first-order chi connectivity index (χ1) is 9.00. The van der Waals surface area contributed by atoms with Crippen molar-refractivity contribution in [3.63, 3.8) is 0 Å². The molecular formula is C15H21N3O. The number of aromatic nitrogens is 2. The first-order valence-corrected chi connectivity index (χ1v) is 6.64. The molecule has 4 heteroatoms. The van der Waals surface area contributed by atoms with Crippen LogP contribution in [0.3, 0.4) is 0 Å². The van der Waals surface area contributed by atoms with Gasteiger partial charge < -0.3 is 9.73 Å². The minimum absolute atomic E-state index is 0.156. The molecule has 0 aliphatic heterocycles. The average molecular weight is 259 g/mol. The maximum absolute atomic E-state index is 5.61. The van der Waals surface area contributed by atoms with Crippen molar-refractivity contribution in [2.75, 3.05) is 6.54 Å². The van der Waals surface area contributed by atoms with Gasteiger partial charge in [0.2, 0.25) is 11.8 Å². The molecule has 0 amide bonds. The Morgan fingerprint density at radius 3 is 2.37 bits per heavy atom. The molecule has 0 fully saturated rings. The van der Waals surface area contributed by atoms with Crippen molar-refractivity contribution in [3.8, 4) is 11.5 Å². The summed E-state index contributed by atoms with van der Waals surface area (Å²) in [5.74, 6) is 1.20. The Balaban J connectivity index is 2.16. The first kappa shape index (κ1) is 13.7. The zero-order chi connectivity index (χ0) is 13.9. The number of nitrogens with one attached hydrogen (secondary N) is 1. The van der Waals surface area contributed by atoms with E-state index in [-0.39, 0.29) is 5.41 Å². The van der Waals surface area contributed by atoms with Gasteiger partial charge in [-0.1, -0.05) is 39.8 Å². The fraction of sp³-hybridized carbons (Fsp3) is 0.467. The van der Waals surface area contributed by atoms with Gasteiger partial charge in [0, 0.05) is 5.56 Å². The molecule has 1 N–H and O–H groups in total. The third kappa shape index (κ3) is 3.41. The van der Waals surface area contributed by atoms with Crippen LogP contribution in [0.1, 0.15) is 39.1 Å². The summed E-state index contributed by atoms with van der Waals surface area (Å²) in [4.78, 5) is 0. The predicted octanol–water partition coefficient (Wildman–Crippen LogP) is 3.14. The molecule has 0 bridgehead atoms. The smallest absolute Gasteiger partial charge is 0.247 e. The summed E-state index contributed by atoms with van der Waals surface area (Å²) < 4.78 is 5.61. The fourth-order valence-electron chi connectivity index (χ4n) is 1.79. The third-order valence-corrected chi connectivity index (χ3v) is 2.99. The van der Waals surface area contributed by atoms with Gasteiger partial charge in [-0.15, -0.1) is 10.2 Å². The largest absolute Gasteiger partial charge is 0.419 e. The lowest BCUT2D eigenvalue weighted by Crippen LogP contribution is -2.11. The molecule has 0 radical (unpaired) electrons.